The van der Waals surface area contributed by atoms with E-state index in [-0.39, 0.29) is 19.1 Å². The Morgan fingerprint density at radius 1 is 1.03 bits per heavy atom. The lowest BCUT2D eigenvalue weighted by Crippen LogP contribution is -2.65. The number of esters is 1. The SMILES string of the molecule is CC(=O)O[C@H](C)C(NC(=O)C1(COCc2ccccc2)CCCN1C(=O)OC(C)(C)C)C(=O)N1CCCC1. The van der Waals surface area contributed by atoms with Gasteiger partial charge in [0.1, 0.15) is 23.3 Å². The summed E-state index contributed by atoms with van der Waals surface area (Å²) in [6.07, 6.45) is 1.12. The molecule has 2 aliphatic rings. The highest BCUT2D eigenvalue weighted by Crippen LogP contribution is 2.33. The summed E-state index contributed by atoms with van der Waals surface area (Å²) in [6, 6.07) is 8.43. The Labute approximate surface area is 225 Å². The van der Waals surface area contributed by atoms with E-state index in [2.05, 4.69) is 5.32 Å². The van der Waals surface area contributed by atoms with Gasteiger partial charge in [0, 0.05) is 26.6 Å². The van der Waals surface area contributed by atoms with Crippen molar-refractivity contribution >= 4 is 23.9 Å². The number of hydrogen-bond acceptors (Lipinski definition) is 7. The summed E-state index contributed by atoms with van der Waals surface area (Å²) in [5.74, 6) is -1.40. The van der Waals surface area contributed by atoms with Crippen molar-refractivity contribution in [3.8, 4) is 0 Å². The number of ether oxygens (including phenoxy) is 3. The summed E-state index contributed by atoms with van der Waals surface area (Å²) in [6.45, 7) is 9.76. The quantitative estimate of drug-likeness (QED) is 0.487. The monoisotopic (exact) mass is 531 g/mol. The highest BCUT2D eigenvalue weighted by Gasteiger charge is 2.52. The number of carbonyl (C=O) groups excluding carboxylic acids is 4. The molecule has 38 heavy (non-hydrogen) atoms. The second-order valence-corrected chi connectivity index (χ2v) is 11.0. The third-order valence-corrected chi connectivity index (χ3v) is 6.77. The molecule has 3 amide bonds. The van der Waals surface area contributed by atoms with Crippen LogP contribution >= 0.6 is 0 Å². The number of amides is 3. The molecule has 210 valence electrons. The Morgan fingerprint density at radius 3 is 2.29 bits per heavy atom. The number of nitrogens with zero attached hydrogens (tertiary/aromatic N) is 2. The molecule has 2 saturated heterocycles. The van der Waals surface area contributed by atoms with Crippen molar-refractivity contribution in [2.24, 2.45) is 0 Å². The first-order valence-electron chi connectivity index (χ1n) is 13.3. The van der Waals surface area contributed by atoms with Gasteiger partial charge in [-0.05, 0) is 58.9 Å². The molecule has 0 radical (unpaired) electrons. The minimum atomic E-state index is -1.39. The van der Waals surface area contributed by atoms with Gasteiger partial charge in [-0.15, -0.1) is 0 Å². The van der Waals surface area contributed by atoms with Crippen LogP contribution in [0.4, 0.5) is 4.79 Å². The molecule has 2 heterocycles. The molecule has 10 nitrogen and oxygen atoms in total. The fraction of sp³-hybridized carbons (Fsp3) is 0.643. The molecule has 1 N–H and O–H groups in total. The van der Waals surface area contributed by atoms with E-state index < -0.39 is 41.3 Å². The molecule has 10 heteroatoms. The van der Waals surface area contributed by atoms with Crippen LogP contribution in [0.15, 0.2) is 30.3 Å². The maximum Gasteiger partial charge on any atom is 0.411 e. The summed E-state index contributed by atoms with van der Waals surface area (Å²) in [5, 5.41) is 2.84. The number of nitrogens with one attached hydrogen (secondary N) is 1. The minimum absolute atomic E-state index is 0.0838. The van der Waals surface area contributed by atoms with E-state index in [0.29, 0.717) is 32.5 Å². The lowest BCUT2D eigenvalue weighted by molar-refractivity contribution is -0.153. The summed E-state index contributed by atoms with van der Waals surface area (Å²) < 4.78 is 17.0. The van der Waals surface area contributed by atoms with Crippen LogP contribution in [-0.4, -0.2) is 83.2 Å². The lowest BCUT2D eigenvalue weighted by atomic mass is 9.94. The molecular formula is C28H41N3O7. The Balaban J connectivity index is 1.88. The summed E-state index contributed by atoms with van der Waals surface area (Å²) in [7, 11) is 0. The van der Waals surface area contributed by atoms with E-state index in [0.717, 1.165) is 18.4 Å². The molecule has 3 atom stereocenters. The van der Waals surface area contributed by atoms with Crippen LogP contribution in [0.5, 0.6) is 0 Å². The van der Waals surface area contributed by atoms with Gasteiger partial charge >= 0.3 is 12.1 Å². The zero-order valence-electron chi connectivity index (χ0n) is 23.2. The van der Waals surface area contributed by atoms with Crippen molar-refractivity contribution in [1.82, 2.24) is 15.1 Å². The molecule has 2 unspecified atom stereocenters. The number of carbonyl (C=O) groups is 4. The van der Waals surface area contributed by atoms with Crippen molar-refractivity contribution in [1.29, 1.82) is 0 Å². The van der Waals surface area contributed by atoms with Crippen molar-refractivity contribution < 1.29 is 33.4 Å². The van der Waals surface area contributed by atoms with Gasteiger partial charge in [-0.1, -0.05) is 30.3 Å². The maximum atomic E-state index is 14.1. The van der Waals surface area contributed by atoms with Gasteiger partial charge in [-0.3, -0.25) is 19.3 Å². The van der Waals surface area contributed by atoms with Crippen molar-refractivity contribution in [3.05, 3.63) is 35.9 Å². The van der Waals surface area contributed by atoms with Crippen LogP contribution in [0, 0.1) is 0 Å². The largest absolute Gasteiger partial charge is 0.460 e. The first-order chi connectivity index (χ1) is 17.9. The van der Waals surface area contributed by atoms with E-state index in [1.807, 2.05) is 30.3 Å². The van der Waals surface area contributed by atoms with Crippen LogP contribution < -0.4 is 5.32 Å². The fourth-order valence-electron chi connectivity index (χ4n) is 4.94. The standard InChI is InChI=1S/C28H41N3O7/c1-20(37-21(2)32)23(24(33)30-15-9-10-16-30)29-25(34)28(19-36-18-22-12-7-6-8-13-22)14-11-17-31(28)26(35)38-27(3,4)5/h6-8,12-13,20,23H,9-11,14-19H2,1-5H3,(H,29,34)/t20-,23?,28?/m1/s1. The second-order valence-electron chi connectivity index (χ2n) is 11.0. The maximum absolute atomic E-state index is 14.1. The Bertz CT molecular complexity index is 988. The fourth-order valence-corrected chi connectivity index (χ4v) is 4.94. The highest BCUT2D eigenvalue weighted by atomic mass is 16.6. The van der Waals surface area contributed by atoms with Gasteiger partial charge < -0.3 is 24.4 Å². The van der Waals surface area contributed by atoms with E-state index in [1.165, 1.54) is 11.8 Å². The van der Waals surface area contributed by atoms with E-state index in [1.54, 1.807) is 32.6 Å². The summed E-state index contributed by atoms with van der Waals surface area (Å²) in [5.41, 5.74) is -1.22. The third-order valence-electron chi connectivity index (χ3n) is 6.77. The molecule has 0 aliphatic carbocycles. The zero-order chi connectivity index (χ0) is 27.9. The molecule has 2 fully saturated rings. The first-order valence-corrected chi connectivity index (χ1v) is 13.3. The number of hydrogen-bond donors (Lipinski definition) is 1. The Hall–Kier alpha value is -3.14. The number of rotatable bonds is 9. The summed E-state index contributed by atoms with van der Waals surface area (Å²) >= 11 is 0. The van der Waals surface area contributed by atoms with Crippen molar-refractivity contribution in [2.75, 3.05) is 26.2 Å². The molecule has 0 saturated carbocycles. The third kappa shape index (κ3) is 7.46. The molecule has 3 rings (SSSR count). The van der Waals surface area contributed by atoms with Crippen molar-refractivity contribution in [2.45, 2.75) is 90.2 Å². The number of likely N-dealkylation sites (tertiary alicyclic amines) is 2. The smallest absolute Gasteiger partial charge is 0.411 e. The molecule has 0 aromatic heterocycles. The molecule has 1 aromatic rings. The average Bonchev–Trinajstić information content (AvgIpc) is 3.52. The van der Waals surface area contributed by atoms with Gasteiger partial charge in [-0.25, -0.2) is 4.79 Å². The minimum Gasteiger partial charge on any atom is -0.460 e. The predicted octanol–water partition coefficient (Wildman–Crippen LogP) is 3.03. The van der Waals surface area contributed by atoms with Gasteiger partial charge in [-0.2, -0.15) is 0 Å². The van der Waals surface area contributed by atoms with Crippen LogP contribution in [0.1, 0.15) is 65.9 Å². The van der Waals surface area contributed by atoms with Crippen LogP contribution in [0.3, 0.4) is 0 Å². The van der Waals surface area contributed by atoms with Gasteiger partial charge in [0.25, 0.3) is 0 Å². The van der Waals surface area contributed by atoms with Crippen molar-refractivity contribution in [3.63, 3.8) is 0 Å². The highest BCUT2D eigenvalue weighted by molar-refractivity contribution is 5.95. The predicted molar refractivity (Wildman–Crippen MR) is 140 cm³/mol. The molecule has 2 aliphatic heterocycles. The average molecular weight is 532 g/mol. The lowest BCUT2D eigenvalue weighted by Gasteiger charge is -2.39. The molecule has 0 bridgehead atoms. The molecule has 1 aromatic carbocycles. The Kier molecular flexibility index (Phi) is 9.76. The van der Waals surface area contributed by atoms with Crippen LogP contribution in [-0.2, 0) is 35.2 Å². The van der Waals surface area contributed by atoms with E-state index >= 15 is 0 Å². The molecular weight excluding hydrogens is 490 g/mol. The first kappa shape index (κ1) is 29.4. The van der Waals surface area contributed by atoms with Gasteiger partial charge in [0.15, 0.2) is 0 Å². The number of benzene rings is 1. The summed E-state index contributed by atoms with van der Waals surface area (Å²) in [4.78, 5) is 55.5. The Morgan fingerprint density at radius 2 is 1.68 bits per heavy atom. The zero-order valence-corrected chi connectivity index (χ0v) is 23.2. The van der Waals surface area contributed by atoms with Crippen LogP contribution in [0.25, 0.3) is 0 Å². The van der Waals surface area contributed by atoms with Gasteiger partial charge in [0.2, 0.25) is 11.8 Å². The van der Waals surface area contributed by atoms with Gasteiger partial charge in [0.05, 0.1) is 13.2 Å². The van der Waals surface area contributed by atoms with Crippen LogP contribution in [0.2, 0.25) is 0 Å². The topological polar surface area (TPSA) is 114 Å². The van der Waals surface area contributed by atoms with E-state index in [4.69, 9.17) is 14.2 Å². The molecule has 0 spiro atoms. The second kappa shape index (κ2) is 12.6. The van der Waals surface area contributed by atoms with E-state index in [9.17, 15) is 19.2 Å². The normalized spacial score (nSPS) is 21.1.